The summed E-state index contributed by atoms with van der Waals surface area (Å²) in [7, 11) is 0. The van der Waals surface area contributed by atoms with Gasteiger partial charge in [-0.05, 0) is 60.0 Å². The first kappa shape index (κ1) is 29.4. The molecule has 3 aromatic carbocycles. The van der Waals surface area contributed by atoms with Crippen LogP contribution in [0.2, 0.25) is 0 Å². The van der Waals surface area contributed by atoms with Crippen LogP contribution < -0.4 is 9.64 Å². The van der Waals surface area contributed by atoms with Crippen LogP contribution in [0.3, 0.4) is 0 Å². The van der Waals surface area contributed by atoms with Gasteiger partial charge in [-0.3, -0.25) is 4.90 Å². The van der Waals surface area contributed by atoms with E-state index in [2.05, 4.69) is 25.9 Å². The lowest BCUT2D eigenvalue weighted by Crippen LogP contribution is -2.28. The number of fused-ring (bicyclic) bond motifs is 3. The number of nitrogens with zero attached hydrogens (tertiary/aromatic N) is 5. The van der Waals surface area contributed by atoms with Gasteiger partial charge in [-0.1, -0.05) is 49.0 Å². The summed E-state index contributed by atoms with van der Waals surface area (Å²) in [5.74, 6) is 0.564. The van der Waals surface area contributed by atoms with Gasteiger partial charge < -0.3 is 9.47 Å². The fourth-order valence-electron chi connectivity index (χ4n) is 4.98. The third kappa shape index (κ3) is 6.32. The summed E-state index contributed by atoms with van der Waals surface area (Å²) in [6.07, 6.45) is -1.46. The van der Waals surface area contributed by atoms with Gasteiger partial charge in [-0.2, -0.15) is 4.99 Å². The number of aryl methyl sites for hydroxylation is 1. The lowest BCUT2D eigenvalue weighted by molar-refractivity contribution is -0.274. The SMILES string of the molecule is Cc1cc2c(cc1F)C(C)C=C1CSC(=NC(=O)OCCc3ccc(-c4ncn(-c5ccc(OC(F)(F)F)cc5)n4)cc3)N12. The molecule has 1 amide bonds. The van der Waals surface area contributed by atoms with Gasteiger partial charge >= 0.3 is 12.5 Å². The number of anilines is 1. The molecule has 2 aliphatic heterocycles. The van der Waals surface area contributed by atoms with E-state index in [9.17, 15) is 22.4 Å². The van der Waals surface area contributed by atoms with Gasteiger partial charge in [0, 0.05) is 29.4 Å². The monoisotopic (exact) mass is 623 g/mol. The molecule has 4 aromatic rings. The number of ether oxygens (including phenoxy) is 2. The number of aliphatic imine (C=N–C) groups is 1. The summed E-state index contributed by atoms with van der Waals surface area (Å²) in [4.78, 5) is 23.0. The summed E-state index contributed by atoms with van der Waals surface area (Å²) in [5, 5.41) is 4.91. The molecule has 1 fully saturated rings. The normalized spacial score (nSPS) is 16.9. The Labute approximate surface area is 254 Å². The van der Waals surface area contributed by atoms with Gasteiger partial charge in [0.25, 0.3) is 0 Å². The fourth-order valence-corrected chi connectivity index (χ4v) is 5.96. The molecule has 6 rings (SSSR count). The van der Waals surface area contributed by atoms with E-state index >= 15 is 0 Å². The largest absolute Gasteiger partial charge is 0.573 e. The number of rotatable bonds is 6. The molecule has 0 radical (unpaired) electrons. The maximum absolute atomic E-state index is 14.2. The highest BCUT2D eigenvalue weighted by Gasteiger charge is 2.34. The Morgan fingerprint density at radius 1 is 1.11 bits per heavy atom. The number of benzene rings is 3. The zero-order valence-electron chi connectivity index (χ0n) is 23.5. The molecule has 1 atom stereocenters. The predicted molar refractivity (Wildman–Crippen MR) is 159 cm³/mol. The Hall–Kier alpha value is -4.65. The maximum atomic E-state index is 14.2. The number of halogens is 4. The quantitative estimate of drug-likeness (QED) is 0.205. The van der Waals surface area contributed by atoms with Crippen molar-refractivity contribution in [2.24, 2.45) is 4.99 Å². The smallest absolute Gasteiger partial charge is 0.448 e. The number of thioether (sulfide) groups is 1. The van der Waals surface area contributed by atoms with Gasteiger partial charge in [0.15, 0.2) is 11.0 Å². The summed E-state index contributed by atoms with van der Waals surface area (Å²) >= 11 is 1.44. The van der Waals surface area contributed by atoms with Crippen molar-refractivity contribution in [2.75, 3.05) is 17.3 Å². The van der Waals surface area contributed by atoms with E-state index in [0.29, 0.717) is 34.4 Å². The van der Waals surface area contributed by atoms with Crippen LogP contribution in [0.1, 0.15) is 29.5 Å². The van der Waals surface area contributed by atoms with Crippen LogP contribution in [0.25, 0.3) is 17.1 Å². The van der Waals surface area contributed by atoms with Crippen LogP contribution in [-0.2, 0) is 11.2 Å². The van der Waals surface area contributed by atoms with Crippen molar-refractivity contribution < 1.29 is 31.8 Å². The summed E-state index contributed by atoms with van der Waals surface area (Å²) in [5.41, 5.74) is 5.40. The molecule has 1 aromatic heterocycles. The molecule has 1 saturated heterocycles. The van der Waals surface area contributed by atoms with Crippen LogP contribution in [0.4, 0.5) is 28.0 Å². The number of amidine groups is 1. The minimum absolute atomic E-state index is 0.0543. The first-order valence-electron chi connectivity index (χ1n) is 13.6. The average molecular weight is 624 g/mol. The topological polar surface area (TPSA) is 81.8 Å². The molecule has 0 spiro atoms. The van der Waals surface area contributed by atoms with E-state index in [1.165, 1.54) is 47.0 Å². The number of allylic oxidation sites excluding steroid dienone is 1. The predicted octanol–water partition coefficient (Wildman–Crippen LogP) is 7.57. The molecule has 0 aliphatic carbocycles. The Balaban J connectivity index is 1.05. The van der Waals surface area contributed by atoms with Crippen LogP contribution in [0.15, 0.2) is 83.8 Å². The minimum atomic E-state index is -4.76. The van der Waals surface area contributed by atoms with E-state index in [-0.39, 0.29) is 24.1 Å². The van der Waals surface area contributed by atoms with Crippen LogP contribution in [0, 0.1) is 12.7 Å². The van der Waals surface area contributed by atoms with Crippen molar-refractivity contribution in [3.63, 3.8) is 0 Å². The first-order chi connectivity index (χ1) is 21.0. The second-order valence-electron chi connectivity index (χ2n) is 10.2. The molecule has 2 aliphatic rings. The number of hydrogen-bond acceptors (Lipinski definition) is 6. The van der Waals surface area contributed by atoms with Gasteiger partial charge in [0.2, 0.25) is 0 Å². The molecule has 3 heterocycles. The molecule has 0 saturated carbocycles. The molecule has 13 heteroatoms. The second kappa shape index (κ2) is 11.8. The summed E-state index contributed by atoms with van der Waals surface area (Å²) in [6, 6.07) is 16.1. The third-order valence-electron chi connectivity index (χ3n) is 7.15. The number of aromatic nitrogens is 3. The van der Waals surface area contributed by atoms with E-state index in [4.69, 9.17) is 4.74 Å². The number of alkyl halides is 3. The maximum Gasteiger partial charge on any atom is 0.573 e. The Morgan fingerprint density at radius 2 is 1.86 bits per heavy atom. The zero-order chi connectivity index (χ0) is 31.0. The van der Waals surface area contributed by atoms with Crippen LogP contribution in [0.5, 0.6) is 5.75 Å². The van der Waals surface area contributed by atoms with E-state index < -0.39 is 12.5 Å². The molecular formula is C31H25F4N5O3S. The van der Waals surface area contributed by atoms with Crippen molar-refractivity contribution in [3.8, 4) is 22.8 Å². The lowest BCUT2D eigenvalue weighted by Gasteiger charge is -2.30. The van der Waals surface area contributed by atoms with Gasteiger partial charge in [0.05, 0.1) is 18.0 Å². The molecular weight excluding hydrogens is 598 g/mol. The van der Waals surface area contributed by atoms with Gasteiger partial charge in [0.1, 0.15) is 17.9 Å². The minimum Gasteiger partial charge on any atom is -0.448 e. The molecule has 44 heavy (non-hydrogen) atoms. The molecule has 0 bridgehead atoms. The van der Waals surface area contributed by atoms with Gasteiger partial charge in [-0.25, -0.2) is 18.9 Å². The van der Waals surface area contributed by atoms with Crippen molar-refractivity contribution in [1.82, 2.24) is 14.8 Å². The van der Waals surface area contributed by atoms with Crippen molar-refractivity contribution in [2.45, 2.75) is 32.5 Å². The molecule has 0 N–H and O–H groups in total. The highest BCUT2D eigenvalue weighted by molar-refractivity contribution is 8.14. The highest BCUT2D eigenvalue weighted by atomic mass is 32.2. The molecule has 1 unspecified atom stereocenters. The Bertz CT molecular complexity index is 1770. The number of carbonyl (C=O) groups is 1. The van der Waals surface area contributed by atoms with E-state index in [1.54, 1.807) is 19.1 Å². The Kier molecular flexibility index (Phi) is 7.89. The van der Waals surface area contributed by atoms with Crippen molar-refractivity contribution in [3.05, 3.63) is 101 Å². The summed E-state index contributed by atoms with van der Waals surface area (Å²) in [6.45, 7) is 3.86. The number of hydrogen-bond donors (Lipinski definition) is 0. The molecule has 8 nitrogen and oxygen atoms in total. The van der Waals surface area contributed by atoms with Crippen LogP contribution in [-0.4, -0.2) is 44.7 Å². The van der Waals surface area contributed by atoms with Gasteiger partial charge in [-0.15, -0.1) is 18.3 Å². The second-order valence-corrected chi connectivity index (χ2v) is 11.2. The number of carbonyl (C=O) groups excluding carboxylic acids is 1. The first-order valence-corrected chi connectivity index (χ1v) is 14.6. The number of amides is 1. The highest BCUT2D eigenvalue weighted by Crippen LogP contribution is 2.43. The van der Waals surface area contributed by atoms with Crippen LogP contribution >= 0.6 is 11.8 Å². The molecule has 226 valence electrons. The Morgan fingerprint density at radius 3 is 2.59 bits per heavy atom. The van der Waals surface area contributed by atoms with Crippen molar-refractivity contribution in [1.29, 1.82) is 0 Å². The zero-order valence-corrected chi connectivity index (χ0v) is 24.3. The summed E-state index contributed by atoms with van der Waals surface area (Å²) < 4.78 is 62.2. The van der Waals surface area contributed by atoms with Crippen molar-refractivity contribution >= 4 is 28.7 Å². The fraction of sp³-hybridized carbons (Fsp3) is 0.226. The van der Waals surface area contributed by atoms with E-state index in [1.807, 2.05) is 36.1 Å². The van der Waals surface area contributed by atoms with E-state index in [0.717, 1.165) is 28.1 Å². The lowest BCUT2D eigenvalue weighted by atomic mass is 9.92. The third-order valence-corrected chi connectivity index (χ3v) is 8.12. The standard InChI is InChI=1S/C31H25F4N5O3S/c1-18-13-23-16-44-29(40(23)27-14-19(2)26(32)15-25(18)27)37-30(41)42-12-11-20-3-5-21(6-4-20)28-36-17-39(38-28)22-7-9-24(10-8-22)43-31(33,34)35/h3-10,13-15,17-18H,11-12,16H2,1-2H3. The average Bonchev–Trinajstić information content (AvgIpc) is 3.62.